The summed E-state index contributed by atoms with van der Waals surface area (Å²) in [5, 5.41) is 0.799. The number of aromatic amines is 1. The Bertz CT molecular complexity index is 876. The van der Waals surface area contributed by atoms with E-state index in [1.54, 1.807) is 6.07 Å². The van der Waals surface area contributed by atoms with Crippen LogP contribution in [0.2, 0.25) is 0 Å². The molecule has 2 N–H and O–H groups in total. The average molecular weight is 367 g/mol. The first kappa shape index (κ1) is 14.3. The predicted octanol–water partition coefficient (Wildman–Crippen LogP) is 1.34. The van der Waals surface area contributed by atoms with Crippen LogP contribution in [0, 0.1) is 0 Å². The molecule has 0 unspecified atom stereocenters. The minimum atomic E-state index is -4.19. The molecule has 0 radical (unpaired) electrons. The SMILES string of the molecule is O=S(=O)(O)c1ccc2[nH]c(C[Se]c3ccccc3)nc2c1. The maximum atomic E-state index is 11.1. The average Bonchev–Trinajstić information content (AvgIpc) is 2.87. The van der Waals surface area contributed by atoms with Crippen LogP contribution in [0.4, 0.5) is 0 Å². The molecule has 0 fully saturated rings. The van der Waals surface area contributed by atoms with Gasteiger partial charge in [0, 0.05) is 0 Å². The van der Waals surface area contributed by atoms with Gasteiger partial charge in [0.15, 0.2) is 0 Å². The molecule has 0 saturated heterocycles. The van der Waals surface area contributed by atoms with E-state index in [9.17, 15) is 8.42 Å². The van der Waals surface area contributed by atoms with Gasteiger partial charge in [-0.2, -0.15) is 0 Å². The van der Waals surface area contributed by atoms with E-state index in [1.807, 2.05) is 18.2 Å². The predicted molar refractivity (Wildman–Crippen MR) is 81.4 cm³/mol. The fraction of sp³-hybridized carbons (Fsp3) is 0.0714. The van der Waals surface area contributed by atoms with Crippen molar-refractivity contribution >= 4 is 40.6 Å². The van der Waals surface area contributed by atoms with Crippen LogP contribution in [0.5, 0.6) is 0 Å². The van der Waals surface area contributed by atoms with E-state index in [4.69, 9.17) is 4.55 Å². The van der Waals surface area contributed by atoms with Gasteiger partial charge >= 0.3 is 128 Å². The fourth-order valence-corrected chi connectivity index (χ4v) is 4.09. The molecule has 0 amide bonds. The van der Waals surface area contributed by atoms with Crippen LogP contribution >= 0.6 is 0 Å². The summed E-state index contributed by atoms with van der Waals surface area (Å²) >= 11 is 0.265. The molecule has 1 heterocycles. The summed E-state index contributed by atoms with van der Waals surface area (Å²) in [5.41, 5.74) is 1.31. The standard InChI is InChI=1S/C14H12N2O3SSe/c17-20(18,19)10-6-7-12-13(8-10)16-14(15-12)9-21-11-4-2-1-3-5-11/h1-8H,9H2,(H,15,16)(H,17,18,19). The van der Waals surface area contributed by atoms with E-state index in [0.29, 0.717) is 5.52 Å². The summed E-state index contributed by atoms with van der Waals surface area (Å²) in [4.78, 5) is 7.42. The molecule has 0 atom stereocenters. The van der Waals surface area contributed by atoms with Gasteiger partial charge in [0.25, 0.3) is 0 Å². The number of hydrogen-bond acceptors (Lipinski definition) is 3. The summed E-state index contributed by atoms with van der Waals surface area (Å²) in [7, 11) is -4.19. The molecular weight excluding hydrogens is 355 g/mol. The van der Waals surface area contributed by atoms with Crippen molar-refractivity contribution in [1.29, 1.82) is 0 Å². The molecule has 0 aliphatic carbocycles. The van der Waals surface area contributed by atoms with E-state index in [2.05, 4.69) is 22.1 Å². The number of H-pyrrole nitrogens is 1. The van der Waals surface area contributed by atoms with Gasteiger partial charge < -0.3 is 0 Å². The number of imidazole rings is 1. The van der Waals surface area contributed by atoms with Gasteiger partial charge in [-0.3, -0.25) is 0 Å². The van der Waals surface area contributed by atoms with Gasteiger partial charge in [-0.05, 0) is 0 Å². The van der Waals surface area contributed by atoms with Crippen LogP contribution in [0.3, 0.4) is 0 Å². The van der Waals surface area contributed by atoms with Crippen molar-refractivity contribution in [2.75, 3.05) is 0 Å². The molecule has 2 aromatic carbocycles. The van der Waals surface area contributed by atoms with Crippen molar-refractivity contribution in [2.45, 2.75) is 10.2 Å². The van der Waals surface area contributed by atoms with Gasteiger partial charge in [-0.15, -0.1) is 0 Å². The zero-order chi connectivity index (χ0) is 14.9. The second-order valence-corrected chi connectivity index (χ2v) is 8.06. The Morgan fingerprint density at radius 2 is 1.90 bits per heavy atom. The number of rotatable bonds is 4. The monoisotopic (exact) mass is 368 g/mol. The Kier molecular flexibility index (Phi) is 3.82. The molecule has 21 heavy (non-hydrogen) atoms. The zero-order valence-corrected chi connectivity index (χ0v) is 13.4. The fourth-order valence-electron chi connectivity index (χ4n) is 1.94. The first-order valence-electron chi connectivity index (χ1n) is 6.16. The first-order valence-corrected chi connectivity index (χ1v) is 9.67. The molecule has 0 spiro atoms. The summed E-state index contributed by atoms with van der Waals surface area (Å²) in [6, 6.07) is 14.5. The second kappa shape index (κ2) is 5.61. The van der Waals surface area contributed by atoms with Gasteiger partial charge in [0.05, 0.1) is 0 Å². The Hall–Kier alpha value is -1.66. The number of fused-ring (bicyclic) bond motifs is 1. The minimum absolute atomic E-state index is 0.137. The Morgan fingerprint density at radius 3 is 2.62 bits per heavy atom. The van der Waals surface area contributed by atoms with Gasteiger partial charge in [-0.1, -0.05) is 0 Å². The molecule has 0 aliphatic rings. The van der Waals surface area contributed by atoms with Crippen LogP contribution in [0.15, 0.2) is 53.4 Å². The van der Waals surface area contributed by atoms with E-state index in [0.717, 1.165) is 16.7 Å². The van der Waals surface area contributed by atoms with E-state index in [1.165, 1.54) is 16.6 Å². The molecule has 108 valence electrons. The van der Waals surface area contributed by atoms with Gasteiger partial charge in [0.2, 0.25) is 0 Å². The summed E-state index contributed by atoms with van der Waals surface area (Å²) in [5.74, 6) is 0.821. The number of nitrogens with one attached hydrogen (secondary N) is 1. The van der Waals surface area contributed by atoms with Crippen molar-refractivity contribution in [2.24, 2.45) is 0 Å². The molecule has 0 saturated carbocycles. The van der Waals surface area contributed by atoms with Crippen molar-refractivity contribution in [3.05, 3.63) is 54.4 Å². The van der Waals surface area contributed by atoms with E-state index >= 15 is 0 Å². The van der Waals surface area contributed by atoms with E-state index in [-0.39, 0.29) is 19.9 Å². The first-order chi connectivity index (χ1) is 10.0. The van der Waals surface area contributed by atoms with Crippen LogP contribution < -0.4 is 4.46 Å². The van der Waals surface area contributed by atoms with Gasteiger partial charge in [0.1, 0.15) is 0 Å². The molecule has 7 heteroatoms. The van der Waals surface area contributed by atoms with E-state index < -0.39 is 10.1 Å². The molecule has 0 bridgehead atoms. The quantitative estimate of drug-likeness (QED) is 0.539. The van der Waals surface area contributed by atoms with Crippen molar-refractivity contribution < 1.29 is 13.0 Å². The number of benzene rings is 2. The van der Waals surface area contributed by atoms with Crippen molar-refractivity contribution in [3.8, 4) is 0 Å². The third-order valence-electron chi connectivity index (χ3n) is 2.92. The topological polar surface area (TPSA) is 83.0 Å². The molecule has 1 aromatic heterocycles. The molecule has 3 rings (SSSR count). The maximum absolute atomic E-state index is 11.1. The Labute approximate surface area is 128 Å². The summed E-state index contributed by atoms with van der Waals surface area (Å²) < 4.78 is 32.6. The third kappa shape index (κ3) is 3.33. The van der Waals surface area contributed by atoms with Gasteiger partial charge in [-0.25, -0.2) is 0 Å². The normalized spacial score (nSPS) is 11.9. The zero-order valence-electron chi connectivity index (χ0n) is 10.9. The number of hydrogen-bond donors (Lipinski definition) is 2. The number of aromatic nitrogens is 2. The molecule has 0 aliphatic heterocycles. The van der Waals surface area contributed by atoms with Crippen molar-refractivity contribution in [3.63, 3.8) is 0 Å². The Balaban J connectivity index is 1.84. The second-order valence-electron chi connectivity index (χ2n) is 4.44. The van der Waals surface area contributed by atoms with Crippen LogP contribution in [0.1, 0.15) is 5.82 Å². The van der Waals surface area contributed by atoms with Crippen molar-refractivity contribution in [1.82, 2.24) is 9.97 Å². The summed E-state index contributed by atoms with van der Waals surface area (Å²) in [6.07, 6.45) is 0. The molecule has 5 nitrogen and oxygen atoms in total. The van der Waals surface area contributed by atoms with Crippen LogP contribution in [0.25, 0.3) is 11.0 Å². The molecule has 3 aromatic rings. The molecular formula is C14H12N2O3SSe. The summed E-state index contributed by atoms with van der Waals surface area (Å²) in [6.45, 7) is 0. The van der Waals surface area contributed by atoms with Crippen LogP contribution in [-0.2, 0) is 15.4 Å². The third-order valence-corrected chi connectivity index (χ3v) is 5.92. The van der Waals surface area contributed by atoms with Crippen LogP contribution in [-0.4, -0.2) is 37.9 Å². The Morgan fingerprint density at radius 1 is 1.14 bits per heavy atom. The number of nitrogens with zero attached hydrogens (tertiary/aromatic N) is 1.